The summed E-state index contributed by atoms with van der Waals surface area (Å²) in [6, 6.07) is 17.1. The Labute approximate surface area is 87.1 Å². The largest absolute Gasteiger partial charge is 0.277 e. The lowest BCUT2D eigenvalue weighted by Crippen LogP contribution is -2.09. The molecule has 0 aliphatic rings. The molecule has 1 aromatic carbocycles. The van der Waals surface area contributed by atoms with Crippen molar-refractivity contribution >= 4 is 16.9 Å². The molecule has 0 atom stereocenters. The Morgan fingerprint density at radius 1 is 0.800 bits per heavy atom. The Bertz CT molecular complexity index is 547. The fraction of sp³-hybridized carbons (Fsp3) is 0. The Morgan fingerprint density at radius 3 is 1.87 bits per heavy atom. The smallest absolute Gasteiger partial charge is 0.262 e. The maximum atomic E-state index is 12.1. The van der Waals surface area contributed by atoms with Crippen LogP contribution in [-0.4, -0.2) is 10.5 Å². The maximum Gasteiger partial charge on any atom is 0.262 e. The molecule has 2 heterocycles. The number of nitrogens with zero attached hydrogens (tertiary/aromatic N) is 1. The number of fused-ring (bicyclic) bond motifs is 2. The molecule has 0 unspecified atom stereocenters. The summed E-state index contributed by atoms with van der Waals surface area (Å²) in [6.45, 7) is 0. The molecule has 15 heavy (non-hydrogen) atoms. The van der Waals surface area contributed by atoms with Crippen LogP contribution in [0.5, 0.6) is 0 Å². The third-order valence-corrected chi connectivity index (χ3v) is 2.59. The van der Waals surface area contributed by atoms with Gasteiger partial charge in [-0.1, -0.05) is 18.2 Å². The van der Waals surface area contributed by atoms with Crippen LogP contribution in [0.3, 0.4) is 0 Å². The first-order valence-corrected chi connectivity index (χ1v) is 4.86. The van der Waals surface area contributed by atoms with Gasteiger partial charge < -0.3 is 0 Å². The summed E-state index contributed by atoms with van der Waals surface area (Å²) in [7, 11) is 0. The molecule has 72 valence electrons. The van der Waals surface area contributed by atoms with Gasteiger partial charge in [-0.15, -0.1) is 0 Å². The van der Waals surface area contributed by atoms with E-state index in [-0.39, 0.29) is 5.91 Å². The zero-order chi connectivity index (χ0) is 10.3. The Morgan fingerprint density at radius 2 is 1.33 bits per heavy atom. The normalized spacial score (nSPS) is 10.9. The van der Waals surface area contributed by atoms with Gasteiger partial charge in [-0.05, 0) is 36.4 Å². The van der Waals surface area contributed by atoms with Crippen molar-refractivity contribution in [1.82, 2.24) is 4.57 Å². The topological polar surface area (TPSA) is 22.0 Å². The number of hydrogen-bond acceptors (Lipinski definition) is 1. The molecule has 2 bridgehead atoms. The van der Waals surface area contributed by atoms with Crippen molar-refractivity contribution in [2.75, 3.05) is 0 Å². The molecule has 2 nitrogen and oxygen atoms in total. The summed E-state index contributed by atoms with van der Waals surface area (Å²) in [5, 5.41) is 0. The van der Waals surface area contributed by atoms with E-state index in [9.17, 15) is 4.79 Å². The second kappa shape index (κ2) is 2.95. The summed E-state index contributed by atoms with van der Waals surface area (Å²) in [4.78, 5) is 12.1. The Balaban J connectivity index is 2.14. The van der Waals surface area contributed by atoms with E-state index >= 15 is 0 Å². The molecule has 0 fully saturated rings. The predicted octanol–water partition coefficient (Wildman–Crippen LogP) is 2.77. The zero-order valence-corrected chi connectivity index (χ0v) is 8.05. The monoisotopic (exact) mass is 195 g/mol. The van der Waals surface area contributed by atoms with Crippen LogP contribution in [0.4, 0.5) is 0 Å². The molecule has 0 spiro atoms. The van der Waals surface area contributed by atoms with Gasteiger partial charge in [-0.25, -0.2) is 0 Å². The lowest BCUT2D eigenvalue weighted by atomic mass is 10.2. The number of aromatic nitrogens is 1. The second-order valence-corrected chi connectivity index (χ2v) is 3.52. The predicted molar refractivity (Wildman–Crippen MR) is 59.3 cm³/mol. The standard InChI is InChI=1S/C13H9NO/c15-13(10-4-2-1-3-5-10)14-11-6-7-12(14)9-8-11/h1-9H. The molecule has 0 amide bonds. The third kappa shape index (κ3) is 1.15. The van der Waals surface area contributed by atoms with Crippen molar-refractivity contribution in [3.63, 3.8) is 0 Å². The molecule has 2 heteroatoms. The molecule has 0 aliphatic carbocycles. The van der Waals surface area contributed by atoms with Gasteiger partial charge in [0.25, 0.3) is 5.91 Å². The minimum absolute atomic E-state index is 0.0376. The number of rotatable bonds is 1. The molecular weight excluding hydrogens is 186 g/mol. The van der Waals surface area contributed by atoms with Gasteiger partial charge in [0.15, 0.2) is 0 Å². The third-order valence-electron chi connectivity index (χ3n) is 2.59. The minimum Gasteiger partial charge on any atom is -0.277 e. The lowest BCUT2D eigenvalue weighted by molar-refractivity contribution is 0.0970. The van der Waals surface area contributed by atoms with Gasteiger partial charge in [0.2, 0.25) is 0 Å². The van der Waals surface area contributed by atoms with E-state index in [1.54, 1.807) is 4.57 Å². The van der Waals surface area contributed by atoms with Gasteiger partial charge >= 0.3 is 0 Å². The van der Waals surface area contributed by atoms with Crippen LogP contribution in [0.1, 0.15) is 10.4 Å². The van der Waals surface area contributed by atoms with E-state index in [2.05, 4.69) is 0 Å². The van der Waals surface area contributed by atoms with E-state index in [0.717, 1.165) is 16.6 Å². The highest BCUT2D eigenvalue weighted by Crippen LogP contribution is 2.18. The van der Waals surface area contributed by atoms with Gasteiger partial charge in [-0.3, -0.25) is 9.36 Å². The molecule has 0 saturated carbocycles. The van der Waals surface area contributed by atoms with Crippen LogP contribution in [0.15, 0.2) is 54.6 Å². The van der Waals surface area contributed by atoms with Gasteiger partial charge in [-0.2, -0.15) is 0 Å². The minimum atomic E-state index is 0.0376. The first-order chi connectivity index (χ1) is 7.36. The molecule has 0 aliphatic heterocycles. The van der Waals surface area contributed by atoms with E-state index in [4.69, 9.17) is 0 Å². The van der Waals surface area contributed by atoms with Crippen molar-refractivity contribution in [2.45, 2.75) is 0 Å². The average molecular weight is 195 g/mol. The van der Waals surface area contributed by atoms with Crippen LogP contribution in [0.2, 0.25) is 0 Å². The summed E-state index contributed by atoms with van der Waals surface area (Å²) < 4.78 is 1.73. The summed E-state index contributed by atoms with van der Waals surface area (Å²) in [5.41, 5.74) is 2.64. The second-order valence-electron chi connectivity index (χ2n) is 3.52. The molecule has 0 radical (unpaired) electrons. The molecule has 0 saturated heterocycles. The van der Waals surface area contributed by atoms with Crippen LogP contribution >= 0.6 is 0 Å². The molecule has 2 aromatic heterocycles. The first-order valence-electron chi connectivity index (χ1n) is 4.86. The van der Waals surface area contributed by atoms with E-state index in [1.807, 2.05) is 54.6 Å². The molecule has 3 rings (SSSR count). The first kappa shape index (κ1) is 8.24. The average Bonchev–Trinajstić information content (AvgIpc) is 2.89. The van der Waals surface area contributed by atoms with Crippen LogP contribution in [0.25, 0.3) is 11.0 Å². The quantitative estimate of drug-likeness (QED) is 0.585. The highest BCUT2D eigenvalue weighted by Gasteiger charge is 2.12. The Kier molecular flexibility index (Phi) is 1.62. The zero-order valence-electron chi connectivity index (χ0n) is 8.05. The van der Waals surface area contributed by atoms with Crippen LogP contribution in [-0.2, 0) is 0 Å². The fourth-order valence-corrected chi connectivity index (χ4v) is 1.84. The Hall–Kier alpha value is -2.09. The van der Waals surface area contributed by atoms with Crippen molar-refractivity contribution in [2.24, 2.45) is 0 Å². The van der Waals surface area contributed by atoms with Gasteiger partial charge in [0, 0.05) is 16.6 Å². The van der Waals surface area contributed by atoms with E-state index < -0.39 is 0 Å². The van der Waals surface area contributed by atoms with Crippen LogP contribution in [0, 0.1) is 0 Å². The molecular formula is C13H9NO. The van der Waals surface area contributed by atoms with Gasteiger partial charge in [0.05, 0.1) is 0 Å². The number of carbonyl (C=O) groups excluding carboxylic acids is 1. The number of benzene rings is 2. The molecule has 0 N–H and O–H groups in total. The van der Waals surface area contributed by atoms with Gasteiger partial charge in [0.1, 0.15) is 0 Å². The number of hydrogen-bond donors (Lipinski definition) is 0. The van der Waals surface area contributed by atoms with Crippen molar-refractivity contribution in [3.8, 4) is 0 Å². The SMILES string of the molecule is O=C(c1ccccc1)n1c2ccc1cc2. The summed E-state index contributed by atoms with van der Waals surface area (Å²) in [6.07, 6.45) is 0. The summed E-state index contributed by atoms with van der Waals surface area (Å²) in [5.74, 6) is 0.0376. The highest BCUT2D eigenvalue weighted by atomic mass is 16.2. The maximum absolute atomic E-state index is 12.1. The van der Waals surface area contributed by atoms with Crippen molar-refractivity contribution < 1.29 is 4.79 Å². The lowest BCUT2D eigenvalue weighted by Gasteiger charge is -2.02. The highest BCUT2D eigenvalue weighted by molar-refractivity contribution is 6.03. The van der Waals surface area contributed by atoms with Crippen molar-refractivity contribution in [3.05, 3.63) is 60.2 Å². The number of carbonyl (C=O) groups is 1. The van der Waals surface area contributed by atoms with E-state index in [0.29, 0.717) is 0 Å². The van der Waals surface area contributed by atoms with Crippen LogP contribution < -0.4 is 0 Å². The molecule has 3 aromatic rings. The van der Waals surface area contributed by atoms with E-state index in [1.165, 1.54) is 0 Å². The summed E-state index contributed by atoms with van der Waals surface area (Å²) >= 11 is 0. The fourth-order valence-electron chi connectivity index (χ4n) is 1.84. The van der Waals surface area contributed by atoms with Crippen molar-refractivity contribution in [1.29, 1.82) is 0 Å².